The van der Waals surface area contributed by atoms with Crippen molar-refractivity contribution in [2.24, 2.45) is 0 Å². The molecule has 1 aliphatic heterocycles. The van der Waals surface area contributed by atoms with Gasteiger partial charge in [-0.1, -0.05) is 0 Å². The zero-order valence-electron chi connectivity index (χ0n) is 6.48. The highest BCUT2D eigenvalue weighted by Gasteiger charge is 2.27. The van der Waals surface area contributed by atoms with Crippen molar-refractivity contribution in [3.05, 3.63) is 0 Å². The van der Waals surface area contributed by atoms with Gasteiger partial charge >= 0.3 is 0 Å². The van der Waals surface area contributed by atoms with Gasteiger partial charge in [0.05, 0.1) is 0 Å². The van der Waals surface area contributed by atoms with Crippen LogP contribution < -0.4 is 0 Å². The third-order valence-corrected chi connectivity index (χ3v) is 3.80. The van der Waals surface area contributed by atoms with E-state index in [1.165, 1.54) is 0 Å². The van der Waals surface area contributed by atoms with E-state index in [2.05, 4.69) is 25.8 Å². The van der Waals surface area contributed by atoms with Gasteiger partial charge in [0.2, 0.25) is 0 Å². The van der Waals surface area contributed by atoms with Crippen LogP contribution in [0.5, 0.6) is 0 Å². The SMILES string of the molecule is CN1CCO[SiH2]C1(C)C. The molecule has 0 atom stereocenters. The third-order valence-electron chi connectivity index (χ3n) is 2.06. The summed E-state index contributed by atoms with van der Waals surface area (Å²) in [4.78, 5) is 2.39. The summed E-state index contributed by atoms with van der Waals surface area (Å²) in [6, 6.07) is 0. The molecule has 3 heteroatoms. The lowest BCUT2D eigenvalue weighted by Crippen LogP contribution is -2.52. The minimum Gasteiger partial charge on any atom is -0.421 e. The first-order valence-corrected chi connectivity index (χ1v) is 4.70. The lowest BCUT2D eigenvalue weighted by Gasteiger charge is -2.38. The molecule has 0 N–H and O–H groups in total. The lowest BCUT2D eigenvalue weighted by molar-refractivity contribution is 0.129. The molecule has 0 saturated carbocycles. The Morgan fingerprint density at radius 1 is 1.56 bits per heavy atom. The fourth-order valence-electron chi connectivity index (χ4n) is 0.936. The van der Waals surface area contributed by atoms with Crippen molar-refractivity contribution in [1.82, 2.24) is 4.90 Å². The molecule has 0 amide bonds. The molecule has 0 spiro atoms. The first kappa shape index (κ1) is 7.25. The molecule has 54 valence electrons. The third kappa shape index (κ3) is 1.53. The van der Waals surface area contributed by atoms with Gasteiger partial charge in [0.15, 0.2) is 9.76 Å². The minimum absolute atomic E-state index is 0.285. The Labute approximate surface area is 59.1 Å². The molecule has 1 rings (SSSR count). The second-order valence-corrected chi connectivity index (χ2v) is 5.71. The van der Waals surface area contributed by atoms with Crippen LogP contribution in [0.15, 0.2) is 0 Å². The van der Waals surface area contributed by atoms with E-state index in [1.807, 2.05) is 0 Å². The van der Waals surface area contributed by atoms with Crippen molar-refractivity contribution >= 4 is 9.76 Å². The maximum Gasteiger partial charge on any atom is 0.180 e. The van der Waals surface area contributed by atoms with Crippen molar-refractivity contribution in [3.63, 3.8) is 0 Å². The van der Waals surface area contributed by atoms with Crippen molar-refractivity contribution in [1.29, 1.82) is 0 Å². The maximum atomic E-state index is 5.45. The fraction of sp³-hybridized carbons (Fsp3) is 1.00. The summed E-state index contributed by atoms with van der Waals surface area (Å²) in [6.07, 6.45) is 0. The predicted octanol–water partition coefficient (Wildman–Crippen LogP) is -0.232. The first-order valence-electron chi connectivity index (χ1n) is 3.42. The van der Waals surface area contributed by atoms with E-state index < -0.39 is 0 Å². The predicted molar refractivity (Wildman–Crippen MR) is 41.2 cm³/mol. The maximum absolute atomic E-state index is 5.45. The average molecular weight is 145 g/mol. The molecule has 0 bridgehead atoms. The van der Waals surface area contributed by atoms with Crippen LogP contribution >= 0.6 is 0 Å². The molecule has 0 aromatic heterocycles. The lowest BCUT2D eigenvalue weighted by atomic mass is 10.3. The molecule has 2 nitrogen and oxygen atoms in total. The van der Waals surface area contributed by atoms with Crippen molar-refractivity contribution in [2.75, 3.05) is 20.2 Å². The molecule has 1 fully saturated rings. The molecule has 1 aliphatic rings. The second kappa shape index (κ2) is 2.40. The van der Waals surface area contributed by atoms with E-state index in [0.29, 0.717) is 5.16 Å². The van der Waals surface area contributed by atoms with Crippen LogP contribution in [0.1, 0.15) is 13.8 Å². The summed E-state index contributed by atoms with van der Waals surface area (Å²) in [5.41, 5.74) is 0. The first-order chi connectivity index (χ1) is 4.13. The number of likely N-dealkylation sites (N-methyl/N-ethyl adjacent to an activating group) is 1. The average Bonchev–Trinajstić information content (AvgIpc) is 1.77. The van der Waals surface area contributed by atoms with Gasteiger partial charge in [0.1, 0.15) is 0 Å². The summed E-state index contributed by atoms with van der Waals surface area (Å²) in [5.74, 6) is 0. The Morgan fingerprint density at radius 2 is 2.22 bits per heavy atom. The van der Waals surface area contributed by atoms with E-state index in [-0.39, 0.29) is 9.76 Å². The second-order valence-electron chi connectivity index (χ2n) is 3.29. The van der Waals surface area contributed by atoms with Crippen LogP contribution in [0.4, 0.5) is 0 Å². The van der Waals surface area contributed by atoms with E-state index in [9.17, 15) is 0 Å². The molecular formula is C6H15NOSi. The molecule has 0 radical (unpaired) electrons. The van der Waals surface area contributed by atoms with Gasteiger partial charge in [-0.3, -0.25) is 4.90 Å². The van der Waals surface area contributed by atoms with E-state index in [1.54, 1.807) is 0 Å². The summed E-state index contributed by atoms with van der Waals surface area (Å²) in [5, 5.41) is 0.387. The van der Waals surface area contributed by atoms with Gasteiger partial charge in [-0.2, -0.15) is 0 Å². The van der Waals surface area contributed by atoms with Crippen LogP contribution in [0, 0.1) is 0 Å². The van der Waals surface area contributed by atoms with Crippen molar-refractivity contribution < 1.29 is 4.43 Å². The zero-order valence-corrected chi connectivity index (χ0v) is 7.89. The Hall–Kier alpha value is 0.137. The normalized spacial score (nSPS) is 31.0. The number of nitrogens with zero attached hydrogens (tertiary/aromatic N) is 1. The Kier molecular flexibility index (Phi) is 1.93. The van der Waals surface area contributed by atoms with E-state index >= 15 is 0 Å². The van der Waals surface area contributed by atoms with E-state index in [4.69, 9.17) is 4.43 Å². The van der Waals surface area contributed by atoms with Crippen LogP contribution in [0.2, 0.25) is 0 Å². The van der Waals surface area contributed by atoms with Gasteiger partial charge in [0.25, 0.3) is 0 Å². The van der Waals surface area contributed by atoms with Gasteiger partial charge in [0, 0.05) is 18.3 Å². The topological polar surface area (TPSA) is 12.5 Å². The van der Waals surface area contributed by atoms with Crippen molar-refractivity contribution in [2.45, 2.75) is 19.0 Å². The molecule has 0 aromatic carbocycles. The summed E-state index contributed by atoms with van der Waals surface area (Å²) in [6.45, 7) is 6.57. The number of hydrogen-bond acceptors (Lipinski definition) is 2. The van der Waals surface area contributed by atoms with Gasteiger partial charge < -0.3 is 4.43 Å². The molecule has 0 aliphatic carbocycles. The van der Waals surface area contributed by atoms with Crippen LogP contribution in [0.25, 0.3) is 0 Å². The summed E-state index contributed by atoms with van der Waals surface area (Å²) in [7, 11) is 1.89. The minimum atomic E-state index is -0.285. The summed E-state index contributed by atoms with van der Waals surface area (Å²) >= 11 is 0. The molecule has 0 aromatic rings. The molecule has 1 saturated heterocycles. The zero-order chi connectivity index (χ0) is 6.91. The molecule has 9 heavy (non-hydrogen) atoms. The quantitative estimate of drug-likeness (QED) is 0.437. The Bertz CT molecular complexity index is 105. The van der Waals surface area contributed by atoms with Crippen LogP contribution in [-0.4, -0.2) is 40.0 Å². The highest BCUT2D eigenvalue weighted by molar-refractivity contribution is 6.32. The number of rotatable bonds is 0. The monoisotopic (exact) mass is 145 g/mol. The van der Waals surface area contributed by atoms with Crippen molar-refractivity contribution in [3.8, 4) is 0 Å². The highest BCUT2D eigenvalue weighted by atomic mass is 28.2. The standard InChI is InChI=1S/C6H15NOSi/c1-6(2)7(3)4-5-8-9-6/h4-5,9H2,1-3H3. The largest absolute Gasteiger partial charge is 0.421 e. The Balaban J connectivity index is 2.49. The smallest absolute Gasteiger partial charge is 0.180 e. The molecular weight excluding hydrogens is 130 g/mol. The highest BCUT2D eigenvalue weighted by Crippen LogP contribution is 2.13. The van der Waals surface area contributed by atoms with Gasteiger partial charge in [-0.15, -0.1) is 0 Å². The Morgan fingerprint density at radius 3 is 2.56 bits per heavy atom. The van der Waals surface area contributed by atoms with Gasteiger partial charge in [-0.25, -0.2) is 0 Å². The van der Waals surface area contributed by atoms with Crippen LogP contribution in [-0.2, 0) is 4.43 Å². The van der Waals surface area contributed by atoms with Crippen LogP contribution in [0.3, 0.4) is 0 Å². The number of hydrogen-bond donors (Lipinski definition) is 0. The molecule has 1 heterocycles. The fourth-order valence-corrected chi connectivity index (χ4v) is 2.09. The summed E-state index contributed by atoms with van der Waals surface area (Å²) < 4.78 is 5.45. The van der Waals surface area contributed by atoms with E-state index in [0.717, 1.165) is 13.2 Å². The molecule has 0 unspecified atom stereocenters. The van der Waals surface area contributed by atoms with Gasteiger partial charge in [-0.05, 0) is 20.9 Å².